The highest BCUT2D eigenvalue weighted by Crippen LogP contribution is 2.36. The third-order valence-electron chi connectivity index (χ3n) is 4.70. The molecule has 4 rings (SSSR count). The van der Waals surface area contributed by atoms with E-state index in [4.69, 9.17) is 16.3 Å². The number of hydrogen-bond acceptors (Lipinski definition) is 5. The molecular weight excluding hydrogens is 483 g/mol. The van der Waals surface area contributed by atoms with Gasteiger partial charge in [-0.05, 0) is 48.5 Å². The summed E-state index contributed by atoms with van der Waals surface area (Å²) in [6.45, 7) is 0. The fraction of sp³-hybridized carbons (Fsp3) is 0.143. The summed E-state index contributed by atoms with van der Waals surface area (Å²) in [6.07, 6.45) is -2.69. The van der Waals surface area contributed by atoms with Crippen LogP contribution in [-0.2, 0) is 34.0 Å². The zero-order valence-electron chi connectivity index (χ0n) is 16.6. The lowest BCUT2D eigenvalue weighted by molar-refractivity contribution is -0.137. The second-order valence-electron chi connectivity index (χ2n) is 7.15. The molecular formula is C21H15ClF3N3O4S. The molecule has 172 valence electrons. The first-order valence-corrected chi connectivity index (χ1v) is 11.3. The van der Waals surface area contributed by atoms with Gasteiger partial charge < -0.3 is 4.74 Å². The van der Waals surface area contributed by atoms with E-state index in [1.165, 1.54) is 24.3 Å². The van der Waals surface area contributed by atoms with Crippen molar-refractivity contribution >= 4 is 39.0 Å². The van der Waals surface area contributed by atoms with Crippen molar-refractivity contribution in [1.82, 2.24) is 4.98 Å². The normalized spacial score (nSPS) is 13.5. The number of ketones is 1. The van der Waals surface area contributed by atoms with Crippen molar-refractivity contribution in [3.63, 3.8) is 0 Å². The lowest BCUT2D eigenvalue weighted by atomic mass is 10.2. The van der Waals surface area contributed by atoms with E-state index in [-0.39, 0.29) is 30.0 Å². The molecule has 0 atom stereocenters. The maximum absolute atomic E-state index is 13.0. The number of anilines is 2. The summed E-state index contributed by atoms with van der Waals surface area (Å²) in [5, 5.41) is -0.543. The number of ether oxygens (including phenoxy) is 1. The van der Waals surface area contributed by atoms with E-state index in [1.54, 1.807) is 12.3 Å². The van der Waals surface area contributed by atoms with Crippen LogP contribution in [0.4, 0.5) is 24.5 Å². The molecule has 2 N–H and O–H groups in total. The molecule has 0 saturated carbocycles. The Kier molecular flexibility index (Phi) is 5.93. The number of carbonyl (C=O) groups excluding carboxylic acids is 1. The largest absolute Gasteiger partial charge is 0.457 e. The second kappa shape index (κ2) is 8.56. The first-order valence-electron chi connectivity index (χ1n) is 9.44. The fourth-order valence-corrected chi connectivity index (χ4v) is 4.42. The molecule has 12 heteroatoms. The summed E-state index contributed by atoms with van der Waals surface area (Å²) < 4.78 is 73.7. The average molecular weight is 498 g/mol. The maximum Gasteiger partial charge on any atom is 0.417 e. The van der Waals surface area contributed by atoms with Crippen molar-refractivity contribution in [1.29, 1.82) is 0 Å². The number of nitrogens with one attached hydrogen (secondary N) is 2. The zero-order chi connectivity index (χ0) is 23.8. The number of aromatic nitrogens is 1. The van der Waals surface area contributed by atoms with Gasteiger partial charge in [-0.25, -0.2) is 0 Å². The van der Waals surface area contributed by atoms with Gasteiger partial charge in [0.2, 0.25) is 0 Å². The first kappa shape index (κ1) is 22.9. The summed E-state index contributed by atoms with van der Waals surface area (Å²) in [7, 11) is -4.25. The number of pyridine rings is 1. The van der Waals surface area contributed by atoms with Gasteiger partial charge >= 0.3 is 16.4 Å². The number of carbonyl (C=O) groups is 1. The van der Waals surface area contributed by atoms with Gasteiger partial charge in [-0.2, -0.15) is 21.6 Å². The SMILES string of the molecule is O=C1Cc2nccc(Oc3ccc(NS(=O)(=O)Nc4ccc(Cl)c(C(F)(F)F)c4)cc3)c2C1. The molecule has 0 saturated heterocycles. The Labute approximate surface area is 191 Å². The van der Waals surface area contributed by atoms with E-state index in [9.17, 15) is 26.4 Å². The standard InChI is InChI=1S/C21H15ClF3N3O4S/c22-18-6-3-13(9-17(18)21(23,24)25)28-33(30,31)27-12-1-4-15(5-2-12)32-20-7-8-26-19-11-14(29)10-16(19)20/h1-9,27-28H,10-11H2. The summed E-state index contributed by atoms with van der Waals surface area (Å²) in [5.41, 5.74) is 0.0759. The van der Waals surface area contributed by atoms with Crippen LogP contribution in [0.25, 0.3) is 0 Å². The zero-order valence-corrected chi connectivity index (χ0v) is 18.2. The van der Waals surface area contributed by atoms with Crippen LogP contribution in [0.15, 0.2) is 54.7 Å². The van der Waals surface area contributed by atoms with E-state index in [0.717, 1.165) is 17.7 Å². The van der Waals surface area contributed by atoms with Gasteiger partial charge in [0.05, 0.1) is 27.7 Å². The first-order chi connectivity index (χ1) is 15.5. The van der Waals surface area contributed by atoms with Gasteiger partial charge in [-0.1, -0.05) is 11.6 Å². The third kappa shape index (κ3) is 5.37. The van der Waals surface area contributed by atoms with Gasteiger partial charge in [0.1, 0.15) is 17.3 Å². The van der Waals surface area contributed by atoms with Crippen LogP contribution in [0.5, 0.6) is 11.5 Å². The van der Waals surface area contributed by atoms with Crippen LogP contribution in [0.1, 0.15) is 16.8 Å². The highest BCUT2D eigenvalue weighted by atomic mass is 35.5. The number of alkyl halides is 3. The second-order valence-corrected chi connectivity index (χ2v) is 8.98. The molecule has 0 aliphatic heterocycles. The lowest BCUT2D eigenvalue weighted by Gasteiger charge is -2.14. The predicted octanol–water partition coefficient (Wildman–Crippen LogP) is 4.98. The Morgan fingerprint density at radius 1 is 0.970 bits per heavy atom. The maximum atomic E-state index is 13.0. The molecule has 0 fully saturated rings. The fourth-order valence-electron chi connectivity index (χ4n) is 3.26. The number of rotatable bonds is 6. The molecule has 1 aromatic heterocycles. The predicted molar refractivity (Wildman–Crippen MR) is 116 cm³/mol. The number of Topliss-reactive ketones (excluding diaryl/α,β-unsaturated/α-hetero) is 1. The van der Waals surface area contributed by atoms with Crippen molar-refractivity contribution in [2.75, 3.05) is 9.44 Å². The molecule has 2 aromatic carbocycles. The van der Waals surface area contributed by atoms with Gasteiger partial charge in [0.15, 0.2) is 0 Å². The third-order valence-corrected chi connectivity index (χ3v) is 6.04. The molecule has 33 heavy (non-hydrogen) atoms. The molecule has 0 bridgehead atoms. The van der Waals surface area contributed by atoms with Gasteiger partial charge in [0, 0.05) is 24.6 Å². The monoisotopic (exact) mass is 497 g/mol. The van der Waals surface area contributed by atoms with E-state index in [1.807, 2.05) is 4.72 Å². The van der Waals surface area contributed by atoms with Crippen LogP contribution in [0.2, 0.25) is 5.02 Å². The number of halogens is 4. The van der Waals surface area contributed by atoms with Crippen molar-refractivity contribution in [2.24, 2.45) is 0 Å². The Morgan fingerprint density at radius 2 is 1.64 bits per heavy atom. The molecule has 0 unspecified atom stereocenters. The minimum atomic E-state index is -4.73. The van der Waals surface area contributed by atoms with E-state index in [2.05, 4.69) is 9.71 Å². The van der Waals surface area contributed by atoms with Gasteiger partial charge in [-0.15, -0.1) is 0 Å². The minimum absolute atomic E-state index is 0.0499. The van der Waals surface area contributed by atoms with Crippen LogP contribution in [0.3, 0.4) is 0 Å². The van der Waals surface area contributed by atoms with E-state index < -0.39 is 27.0 Å². The Balaban J connectivity index is 1.45. The molecule has 0 amide bonds. The lowest BCUT2D eigenvalue weighted by Crippen LogP contribution is -2.22. The van der Waals surface area contributed by atoms with Crippen molar-refractivity contribution in [2.45, 2.75) is 19.0 Å². The highest BCUT2D eigenvalue weighted by Gasteiger charge is 2.33. The average Bonchev–Trinajstić information content (AvgIpc) is 3.11. The molecule has 1 aliphatic rings. The number of hydrogen-bond donors (Lipinski definition) is 2. The summed E-state index contributed by atoms with van der Waals surface area (Å²) in [5.74, 6) is 0.934. The van der Waals surface area contributed by atoms with E-state index in [0.29, 0.717) is 23.3 Å². The number of benzene rings is 2. The van der Waals surface area contributed by atoms with Crippen molar-refractivity contribution in [3.05, 3.63) is 76.6 Å². The molecule has 7 nitrogen and oxygen atoms in total. The van der Waals surface area contributed by atoms with Gasteiger partial charge in [0.25, 0.3) is 0 Å². The van der Waals surface area contributed by atoms with Crippen LogP contribution < -0.4 is 14.2 Å². The molecule has 0 spiro atoms. The molecule has 3 aromatic rings. The summed E-state index contributed by atoms with van der Waals surface area (Å²) in [6, 6.07) is 10.2. The molecule has 1 aliphatic carbocycles. The van der Waals surface area contributed by atoms with Crippen molar-refractivity contribution < 1.29 is 31.1 Å². The van der Waals surface area contributed by atoms with E-state index >= 15 is 0 Å². The topological polar surface area (TPSA) is 97.4 Å². The summed E-state index contributed by atoms with van der Waals surface area (Å²) in [4.78, 5) is 15.8. The molecule has 0 radical (unpaired) electrons. The Bertz CT molecular complexity index is 1330. The molecule has 1 heterocycles. The minimum Gasteiger partial charge on any atom is -0.457 e. The van der Waals surface area contributed by atoms with Crippen LogP contribution >= 0.6 is 11.6 Å². The van der Waals surface area contributed by atoms with Crippen LogP contribution in [0, 0.1) is 0 Å². The highest BCUT2D eigenvalue weighted by molar-refractivity contribution is 7.94. The van der Waals surface area contributed by atoms with Gasteiger partial charge in [-0.3, -0.25) is 19.2 Å². The smallest absolute Gasteiger partial charge is 0.417 e. The quantitative estimate of drug-likeness (QED) is 0.500. The summed E-state index contributed by atoms with van der Waals surface area (Å²) >= 11 is 5.55. The number of fused-ring (bicyclic) bond motifs is 1. The van der Waals surface area contributed by atoms with Crippen molar-refractivity contribution in [3.8, 4) is 11.5 Å². The Hall–Kier alpha value is -3.31. The Morgan fingerprint density at radius 3 is 2.33 bits per heavy atom. The van der Waals surface area contributed by atoms with Crippen LogP contribution in [-0.4, -0.2) is 19.2 Å². The number of nitrogens with zero attached hydrogens (tertiary/aromatic N) is 1.